The number of carbonyl (C=O) groups is 1. The lowest BCUT2D eigenvalue weighted by molar-refractivity contribution is -0.118. The van der Waals surface area contributed by atoms with Gasteiger partial charge in [-0.05, 0) is 53.2 Å². The minimum absolute atomic E-state index is 0.197. The van der Waals surface area contributed by atoms with Crippen LogP contribution in [0.3, 0.4) is 0 Å². The Hall–Kier alpha value is -2.39. The Morgan fingerprint density at radius 3 is 2.46 bits per heavy atom. The van der Waals surface area contributed by atoms with Gasteiger partial charge in [0, 0.05) is 22.5 Å². The van der Waals surface area contributed by atoms with Crippen molar-refractivity contribution in [3.8, 4) is 0 Å². The summed E-state index contributed by atoms with van der Waals surface area (Å²) in [4.78, 5) is 31.7. The molecule has 3 rings (SSSR count). The Bertz CT molecular complexity index is 1070. The van der Waals surface area contributed by atoms with Crippen LogP contribution in [0.2, 0.25) is 0 Å². The Labute approximate surface area is 172 Å². The molecule has 0 aliphatic rings. The van der Waals surface area contributed by atoms with E-state index in [1.807, 2.05) is 47.6 Å². The number of thioether (sulfide) groups is 1. The first-order chi connectivity index (χ1) is 13.2. The second-order valence-electron chi connectivity index (χ2n) is 6.55. The van der Waals surface area contributed by atoms with Crippen LogP contribution in [0, 0.1) is 34.6 Å². The highest BCUT2D eigenvalue weighted by Crippen LogP contribution is 2.31. The van der Waals surface area contributed by atoms with E-state index in [0.29, 0.717) is 5.16 Å². The van der Waals surface area contributed by atoms with E-state index in [9.17, 15) is 4.79 Å². The van der Waals surface area contributed by atoms with Crippen LogP contribution in [0.4, 0.5) is 0 Å². The van der Waals surface area contributed by atoms with Crippen LogP contribution in [-0.2, 0) is 4.79 Å². The number of fused-ring (bicyclic) bond motifs is 1. The number of nitrogens with zero attached hydrogens (tertiary/aromatic N) is 5. The first-order valence-corrected chi connectivity index (χ1v) is 10.6. The molecule has 146 valence electrons. The lowest BCUT2D eigenvalue weighted by Gasteiger charge is -2.04. The first kappa shape index (κ1) is 20.3. The Kier molecular flexibility index (Phi) is 6.04. The van der Waals surface area contributed by atoms with Gasteiger partial charge in [-0.25, -0.2) is 25.4 Å². The molecule has 1 N–H and O–H groups in total. The van der Waals surface area contributed by atoms with Crippen LogP contribution >= 0.6 is 23.1 Å². The maximum Gasteiger partial charge on any atom is 0.250 e. The second-order valence-corrected chi connectivity index (χ2v) is 8.49. The largest absolute Gasteiger partial charge is 0.272 e. The van der Waals surface area contributed by atoms with Crippen molar-refractivity contribution in [2.45, 2.75) is 46.7 Å². The predicted octanol–water partition coefficient (Wildman–Crippen LogP) is 3.66. The molecular weight excluding hydrogens is 392 g/mol. The van der Waals surface area contributed by atoms with Crippen LogP contribution in [0.1, 0.15) is 40.3 Å². The number of hydrogen-bond donors (Lipinski definition) is 1. The van der Waals surface area contributed by atoms with E-state index in [1.54, 1.807) is 11.3 Å². The standard InChI is InChI=1S/C19H22N6OS2/c1-9-7-10(2)21-19(20-9)27-8-15(26)25-24-13(5)17-11(3)16-12(4)22-14(6)23-18(16)28-17/h7H,8H2,1-6H3,(H,25,26)/b24-13+. The number of thiophene rings is 1. The average Bonchev–Trinajstić information content (AvgIpc) is 2.93. The quantitative estimate of drug-likeness (QED) is 0.296. The van der Waals surface area contributed by atoms with Crippen molar-refractivity contribution in [1.82, 2.24) is 25.4 Å². The number of hydrazone groups is 1. The Morgan fingerprint density at radius 2 is 1.79 bits per heavy atom. The third kappa shape index (κ3) is 4.53. The SMILES string of the molecule is C/C(=N\NC(=O)CSc1nc(C)cc(C)n1)c1sc2nc(C)nc(C)c2c1C. The average molecular weight is 415 g/mol. The molecule has 0 fully saturated rings. The molecule has 3 aromatic rings. The van der Waals surface area contributed by atoms with Crippen LogP contribution in [0.25, 0.3) is 10.2 Å². The zero-order chi connectivity index (χ0) is 20.4. The maximum absolute atomic E-state index is 12.2. The van der Waals surface area contributed by atoms with Gasteiger partial charge in [0.05, 0.1) is 16.3 Å². The van der Waals surface area contributed by atoms with Gasteiger partial charge in [0.15, 0.2) is 5.16 Å². The van der Waals surface area contributed by atoms with Crippen LogP contribution < -0.4 is 5.43 Å². The number of hydrogen-bond acceptors (Lipinski definition) is 8. The van der Waals surface area contributed by atoms with E-state index >= 15 is 0 Å². The van der Waals surface area contributed by atoms with Gasteiger partial charge in [-0.3, -0.25) is 4.79 Å². The summed E-state index contributed by atoms with van der Waals surface area (Å²) in [6.45, 7) is 11.6. The number of rotatable bonds is 5. The van der Waals surface area contributed by atoms with Gasteiger partial charge >= 0.3 is 0 Å². The highest BCUT2D eigenvalue weighted by atomic mass is 32.2. The van der Waals surface area contributed by atoms with E-state index in [2.05, 4.69) is 30.5 Å². The molecule has 0 atom stereocenters. The molecule has 0 radical (unpaired) electrons. The zero-order valence-corrected chi connectivity index (χ0v) is 18.4. The molecule has 0 aromatic carbocycles. The van der Waals surface area contributed by atoms with Crippen molar-refractivity contribution in [3.63, 3.8) is 0 Å². The maximum atomic E-state index is 12.2. The molecule has 0 saturated heterocycles. The summed E-state index contributed by atoms with van der Waals surface area (Å²) in [5.41, 5.74) is 7.20. The molecule has 7 nitrogen and oxygen atoms in total. The van der Waals surface area contributed by atoms with Gasteiger partial charge in [-0.1, -0.05) is 11.8 Å². The summed E-state index contributed by atoms with van der Waals surface area (Å²) in [5, 5.41) is 5.93. The zero-order valence-electron chi connectivity index (χ0n) is 16.7. The minimum Gasteiger partial charge on any atom is -0.272 e. The molecule has 0 spiro atoms. The Morgan fingerprint density at radius 1 is 1.11 bits per heavy atom. The highest BCUT2D eigenvalue weighted by molar-refractivity contribution is 7.99. The topological polar surface area (TPSA) is 93.0 Å². The molecule has 0 aliphatic heterocycles. The van der Waals surface area contributed by atoms with Crippen molar-refractivity contribution in [2.24, 2.45) is 5.10 Å². The van der Waals surface area contributed by atoms with Gasteiger partial charge in [-0.15, -0.1) is 11.3 Å². The summed E-state index contributed by atoms with van der Waals surface area (Å²) in [6, 6.07) is 1.90. The van der Waals surface area contributed by atoms with Gasteiger partial charge < -0.3 is 0 Å². The number of nitrogens with one attached hydrogen (secondary N) is 1. The van der Waals surface area contributed by atoms with Gasteiger partial charge in [0.1, 0.15) is 10.7 Å². The van der Waals surface area contributed by atoms with E-state index in [0.717, 1.165) is 49.3 Å². The highest BCUT2D eigenvalue weighted by Gasteiger charge is 2.15. The van der Waals surface area contributed by atoms with E-state index in [1.165, 1.54) is 11.8 Å². The molecule has 0 aliphatic carbocycles. The van der Waals surface area contributed by atoms with Gasteiger partial charge in [-0.2, -0.15) is 5.10 Å². The molecule has 28 heavy (non-hydrogen) atoms. The first-order valence-electron chi connectivity index (χ1n) is 8.77. The molecule has 0 unspecified atom stereocenters. The summed E-state index contributed by atoms with van der Waals surface area (Å²) >= 11 is 2.86. The van der Waals surface area contributed by atoms with Crippen LogP contribution in [-0.4, -0.2) is 37.3 Å². The van der Waals surface area contributed by atoms with Gasteiger partial charge in [0.25, 0.3) is 5.91 Å². The normalized spacial score (nSPS) is 11.9. The van der Waals surface area contributed by atoms with Crippen molar-refractivity contribution in [2.75, 3.05) is 5.75 Å². The minimum atomic E-state index is -0.197. The third-order valence-electron chi connectivity index (χ3n) is 4.05. The molecular formula is C19H22N6OS2. The lowest BCUT2D eigenvalue weighted by Crippen LogP contribution is -2.21. The van der Waals surface area contributed by atoms with Crippen LogP contribution in [0.15, 0.2) is 16.3 Å². The molecule has 3 heterocycles. The number of amides is 1. The Balaban J connectivity index is 1.70. The summed E-state index contributed by atoms with van der Waals surface area (Å²) in [5.74, 6) is 0.762. The van der Waals surface area contributed by atoms with Crippen molar-refractivity contribution in [3.05, 3.63) is 39.4 Å². The summed E-state index contributed by atoms with van der Waals surface area (Å²) in [7, 11) is 0. The summed E-state index contributed by atoms with van der Waals surface area (Å²) in [6.07, 6.45) is 0. The second kappa shape index (κ2) is 8.32. The number of aromatic nitrogens is 4. The predicted molar refractivity (Wildman–Crippen MR) is 114 cm³/mol. The fourth-order valence-corrected chi connectivity index (χ4v) is 4.90. The van der Waals surface area contributed by atoms with Crippen molar-refractivity contribution in [1.29, 1.82) is 0 Å². The summed E-state index contributed by atoms with van der Waals surface area (Å²) < 4.78 is 0. The van der Waals surface area contributed by atoms with Crippen molar-refractivity contribution < 1.29 is 4.79 Å². The molecule has 9 heteroatoms. The van der Waals surface area contributed by atoms with E-state index < -0.39 is 0 Å². The van der Waals surface area contributed by atoms with E-state index in [-0.39, 0.29) is 11.7 Å². The fraction of sp³-hybridized carbons (Fsp3) is 0.368. The number of carbonyl (C=O) groups excluding carboxylic acids is 1. The monoisotopic (exact) mass is 414 g/mol. The van der Waals surface area contributed by atoms with E-state index in [4.69, 9.17) is 0 Å². The van der Waals surface area contributed by atoms with Crippen molar-refractivity contribution >= 4 is 44.9 Å². The van der Waals surface area contributed by atoms with Gasteiger partial charge in [0.2, 0.25) is 0 Å². The molecule has 3 aromatic heterocycles. The fourth-order valence-electron chi connectivity index (χ4n) is 2.94. The lowest BCUT2D eigenvalue weighted by atomic mass is 10.1. The smallest absolute Gasteiger partial charge is 0.250 e. The molecule has 0 saturated carbocycles. The van der Waals surface area contributed by atoms with Crippen LogP contribution in [0.5, 0.6) is 0 Å². The molecule has 1 amide bonds. The third-order valence-corrected chi connectivity index (χ3v) is 6.20. The molecule has 0 bridgehead atoms. The number of aryl methyl sites for hydroxylation is 5.